The van der Waals surface area contributed by atoms with Crippen molar-refractivity contribution >= 4 is 28.7 Å². The highest BCUT2D eigenvalue weighted by Crippen LogP contribution is 2.28. The standard InChI is InChI=1S/C29H32FN9O3/c1-17-15-38(16-18(2)42-17)28-34-11-20(12-35-28)37-23-8-24(25-6-5-21-7-19(9-31)10-36-39(21)25)32-13-22(23)27(40)33-14-26(30)29(3,4)41/h5-8,10-13,17-18,26,41H,14-16H2,1-4H3,(H,32,37)(H,33,40)/t17-,18+,26?. The Morgan fingerprint density at radius 3 is 2.55 bits per heavy atom. The summed E-state index contributed by atoms with van der Waals surface area (Å²) in [7, 11) is 0. The zero-order chi connectivity index (χ0) is 30.0. The van der Waals surface area contributed by atoms with E-state index >= 15 is 0 Å². The third-order valence-corrected chi connectivity index (χ3v) is 6.87. The molecule has 0 radical (unpaired) electrons. The maximum atomic E-state index is 14.4. The summed E-state index contributed by atoms with van der Waals surface area (Å²) in [6, 6.07) is 9.09. The number of carbonyl (C=O) groups excluding carboxylic acids is 1. The predicted octanol–water partition coefficient (Wildman–Crippen LogP) is 3.25. The number of ether oxygens (including phenoxy) is 1. The molecule has 4 aromatic heterocycles. The molecule has 5 rings (SSSR count). The average Bonchev–Trinajstić information content (AvgIpc) is 3.38. The molecular weight excluding hydrogens is 541 g/mol. The number of aliphatic hydroxyl groups is 1. The molecule has 3 atom stereocenters. The fourth-order valence-electron chi connectivity index (χ4n) is 4.71. The molecule has 1 aliphatic rings. The molecule has 1 saturated heterocycles. The van der Waals surface area contributed by atoms with Crippen LogP contribution < -0.4 is 15.5 Å². The van der Waals surface area contributed by atoms with Crippen LogP contribution in [0.1, 0.15) is 43.6 Å². The minimum absolute atomic E-state index is 0.0536. The number of rotatable bonds is 8. The summed E-state index contributed by atoms with van der Waals surface area (Å²) < 4.78 is 21.8. The van der Waals surface area contributed by atoms with Crippen molar-refractivity contribution in [2.45, 2.75) is 51.7 Å². The van der Waals surface area contributed by atoms with E-state index in [2.05, 4.69) is 41.7 Å². The van der Waals surface area contributed by atoms with Gasteiger partial charge in [0.1, 0.15) is 12.2 Å². The smallest absolute Gasteiger partial charge is 0.255 e. The summed E-state index contributed by atoms with van der Waals surface area (Å²) in [6.45, 7) is 7.65. The average molecular weight is 574 g/mol. The molecule has 3 N–H and O–H groups in total. The van der Waals surface area contributed by atoms with Crippen molar-refractivity contribution in [1.82, 2.24) is 29.9 Å². The lowest BCUT2D eigenvalue weighted by atomic mass is 10.0. The van der Waals surface area contributed by atoms with Crippen LogP contribution in [0.4, 0.5) is 21.7 Å². The number of fused-ring (bicyclic) bond motifs is 1. The minimum atomic E-state index is -1.67. The fraction of sp³-hybridized carbons (Fsp3) is 0.379. The molecule has 0 saturated carbocycles. The molecule has 1 aliphatic heterocycles. The molecule has 13 heteroatoms. The van der Waals surface area contributed by atoms with Crippen LogP contribution in [0.3, 0.4) is 0 Å². The van der Waals surface area contributed by atoms with E-state index in [0.29, 0.717) is 52.9 Å². The molecule has 12 nitrogen and oxygen atoms in total. The topological polar surface area (TPSA) is 154 Å². The van der Waals surface area contributed by atoms with Crippen molar-refractivity contribution in [2.24, 2.45) is 0 Å². The van der Waals surface area contributed by atoms with E-state index in [1.54, 1.807) is 29.0 Å². The largest absolute Gasteiger partial charge is 0.387 e. The first-order valence-electron chi connectivity index (χ1n) is 13.5. The molecule has 0 aliphatic carbocycles. The van der Waals surface area contributed by atoms with E-state index in [9.17, 15) is 19.6 Å². The normalized spacial score (nSPS) is 18.0. The van der Waals surface area contributed by atoms with Crippen LogP contribution >= 0.6 is 0 Å². The second kappa shape index (κ2) is 11.7. The van der Waals surface area contributed by atoms with Gasteiger partial charge in [0, 0.05) is 19.3 Å². The predicted molar refractivity (Wildman–Crippen MR) is 154 cm³/mol. The number of nitrogens with zero attached hydrogens (tertiary/aromatic N) is 7. The number of amides is 1. The molecule has 0 spiro atoms. The summed E-state index contributed by atoms with van der Waals surface area (Å²) in [5.41, 5.74) is 1.72. The fourth-order valence-corrected chi connectivity index (χ4v) is 4.71. The lowest BCUT2D eigenvalue weighted by molar-refractivity contribution is -0.00574. The third-order valence-electron chi connectivity index (χ3n) is 6.87. The van der Waals surface area contributed by atoms with Gasteiger partial charge in [-0.05, 0) is 52.0 Å². The van der Waals surface area contributed by atoms with E-state index in [1.165, 1.54) is 26.2 Å². The van der Waals surface area contributed by atoms with Gasteiger partial charge in [-0.1, -0.05) is 0 Å². The molecule has 0 aromatic carbocycles. The van der Waals surface area contributed by atoms with Gasteiger partial charge in [0.2, 0.25) is 5.95 Å². The number of morpholine rings is 1. The summed E-state index contributed by atoms with van der Waals surface area (Å²) in [6.07, 6.45) is 4.53. The summed E-state index contributed by atoms with van der Waals surface area (Å²) in [5.74, 6) is -0.00640. The number of nitrogens with one attached hydrogen (secondary N) is 2. The maximum Gasteiger partial charge on any atom is 0.255 e. The van der Waals surface area contributed by atoms with Gasteiger partial charge in [-0.2, -0.15) is 10.4 Å². The van der Waals surface area contributed by atoms with Gasteiger partial charge >= 0.3 is 0 Å². The molecule has 1 amide bonds. The highest BCUT2D eigenvalue weighted by molar-refractivity contribution is 6.00. The van der Waals surface area contributed by atoms with Crippen molar-refractivity contribution in [2.75, 3.05) is 29.9 Å². The van der Waals surface area contributed by atoms with E-state index in [0.717, 1.165) is 0 Å². The van der Waals surface area contributed by atoms with Crippen molar-refractivity contribution in [3.05, 3.63) is 60.2 Å². The van der Waals surface area contributed by atoms with Gasteiger partial charge in [-0.25, -0.2) is 18.9 Å². The lowest BCUT2D eigenvalue weighted by Crippen LogP contribution is -2.46. The molecule has 4 aromatic rings. The molecule has 42 heavy (non-hydrogen) atoms. The van der Waals surface area contributed by atoms with E-state index < -0.39 is 17.7 Å². The zero-order valence-electron chi connectivity index (χ0n) is 23.7. The van der Waals surface area contributed by atoms with Gasteiger partial charge < -0.3 is 25.4 Å². The number of aromatic nitrogens is 5. The zero-order valence-corrected chi connectivity index (χ0v) is 23.7. The Bertz CT molecular complexity index is 1620. The number of nitriles is 1. The monoisotopic (exact) mass is 573 g/mol. The highest BCUT2D eigenvalue weighted by atomic mass is 19.1. The lowest BCUT2D eigenvalue weighted by Gasteiger charge is -2.35. The van der Waals surface area contributed by atoms with Crippen LogP contribution in [0.25, 0.3) is 16.9 Å². The van der Waals surface area contributed by atoms with Gasteiger partial charge in [0.15, 0.2) is 0 Å². The molecule has 0 bridgehead atoms. The number of carbonyl (C=O) groups is 1. The SMILES string of the molecule is C[C@@H]1CN(c2ncc(Nc3cc(-c4ccc5cc(C#N)cnn45)ncc3C(=O)NCC(F)C(C)(C)O)cn2)C[C@H](C)O1. The quantitative estimate of drug-likeness (QED) is 0.286. The van der Waals surface area contributed by atoms with Crippen LogP contribution in [-0.4, -0.2) is 79.2 Å². The number of alkyl halides is 1. The number of halogens is 1. The summed E-state index contributed by atoms with van der Waals surface area (Å²) in [5, 5.41) is 29.2. The van der Waals surface area contributed by atoms with Crippen LogP contribution in [-0.2, 0) is 4.74 Å². The Balaban J connectivity index is 1.45. The number of anilines is 3. The van der Waals surface area contributed by atoms with Gasteiger partial charge in [0.25, 0.3) is 5.91 Å². The Kier molecular flexibility index (Phi) is 8.02. The molecular formula is C29H32FN9O3. The first-order valence-corrected chi connectivity index (χ1v) is 13.5. The van der Waals surface area contributed by atoms with E-state index in [4.69, 9.17) is 4.74 Å². The van der Waals surface area contributed by atoms with Gasteiger partial charge in [-0.3, -0.25) is 9.78 Å². The van der Waals surface area contributed by atoms with Crippen LogP contribution in [0, 0.1) is 11.3 Å². The molecule has 1 unspecified atom stereocenters. The van der Waals surface area contributed by atoms with Crippen LogP contribution in [0.15, 0.2) is 49.1 Å². The number of hydrogen-bond acceptors (Lipinski definition) is 10. The highest BCUT2D eigenvalue weighted by Gasteiger charge is 2.28. The van der Waals surface area contributed by atoms with Crippen LogP contribution in [0.2, 0.25) is 0 Å². The summed E-state index contributed by atoms with van der Waals surface area (Å²) >= 11 is 0. The Morgan fingerprint density at radius 2 is 1.88 bits per heavy atom. The van der Waals surface area contributed by atoms with E-state index in [-0.39, 0.29) is 24.3 Å². The third kappa shape index (κ3) is 6.29. The molecule has 218 valence electrons. The van der Waals surface area contributed by atoms with Crippen molar-refractivity contribution < 1.29 is 19.0 Å². The Morgan fingerprint density at radius 1 is 1.17 bits per heavy atom. The van der Waals surface area contributed by atoms with Crippen molar-refractivity contribution in [1.29, 1.82) is 5.26 Å². The summed E-state index contributed by atoms with van der Waals surface area (Å²) in [4.78, 5) is 28.7. The van der Waals surface area contributed by atoms with Crippen LogP contribution in [0.5, 0.6) is 0 Å². The van der Waals surface area contributed by atoms with Gasteiger partial charge in [0.05, 0.1) is 82.4 Å². The number of hydrogen-bond donors (Lipinski definition) is 3. The first-order chi connectivity index (χ1) is 20.0. The van der Waals surface area contributed by atoms with Crippen molar-refractivity contribution in [3.63, 3.8) is 0 Å². The van der Waals surface area contributed by atoms with Gasteiger partial charge in [-0.15, -0.1) is 0 Å². The molecule has 1 fully saturated rings. The second-order valence-corrected chi connectivity index (χ2v) is 10.9. The Labute approximate surface area is 242 Å². The first kappa shape index (κ1) is 28.8. The Hall–Kier alpha value is -4.67. The minimum Gasteiger partial charge on any atom is -0.387 e. The maximum absolute atomic E-state index is 14.4. The second-order valence-electron chi connectivity index (χ2n) is 10.9. The number of pyridine rings is 1. The van der Waals surface area contributed by atoms with Crippen molar-refractivity contribution in [3.8, 4) is 17.5 Å². The van der Waals surface area contributed by atoms with E-state index in [1.807, 2.05) is 26.0 Å². The molecule has 5 heterocycles.